The minimum atomic E-state index is 0.637. The number of nitrogens with one attached hydrogen (secondary N) is 2. The van der Waals surface area contributed by atoms with Crippen molar-refractivity contribution in [2.75, 3.05) is 51.7 Å². The Labute approximate surface area is 185 Å². The van der Waals surface area contributed by atoms with Crippen LogP contribution < -0.4 is 15.5 Å². The molecule has 0 aliphatic carbocycles. The third-order valence-corrected chi connectivity index (χ3v) is 5.89. The molecule has 0 radical (unpaired) electrons. The first-order chi connectivity index (χ1) is 14.5. The van der Waals surface area contributed by atoms with E-state index in [0.29, 0.717) is 6.54 Å². The highest BCUT2D eigenvalue weighted by atomic mass is 35.5. The van der Waals surface area contributed by atoms with Crippen molar-refractivity contribution < 1.29 is 0 Å². The van der Waals surface area contributed by atoms with E-state index in [1.807, 2.05) is 19.1 Å². The molecule has 0 amide bonds. The summed E-state index contributed by atoms with van der Waals surface area (Å²) in [5.41, 5.74) is 4.59. The van der Waals surface area contributed by atoms with Crippen LogP contribution in [0.15, 0.2) is 29.3 Å². The molecule has 0 bridgehead atoms. The molecule has 0 spiro atoms. The van der Waals surface area contributed by atoms with Crippen LogP contribution in [0.2, 0.25) is 5.02 Å². The smallest absolute Gasteiger partial charge is 0.191 e. The van der Waals surface area contributed by atoms with Crippen LogP contribution in [-0.4, -0.2) is 67.5 Å². The highest BCUT2D eigenvalue weighted by Crippen LogP contribution is 2.28. The molecule has 2 aromatic rings. The Morgan fingerprint density at radius 2 is 1.93 bits per heavy atom. The number of likely N-dealkylation sites (N-methyl/N-ethyl adjacent to an activating group) is 1. The number of anilines is 1. The molecule has 1 saturated heterocycles. The minimum absolute atomic E-state index is 0.637. The lowest BCUT2D eigenvalue weighted by Crippen LogP contribution is -2.45. The molecule has 1 aliphatic rings. The summed E-state index contributed by atoms with van der Waals surface area (Å²) in [6.45, 7) is 10.6. The van der Waals surface area contributed by atoms with E-state index in [1.165, 1.54) is 11.4 Å². The number of piperazine rings is 1. The van der Waals surface area contributed by atoms with Crippen LogP contribution in [0.25, 0.3) is 0 Å². The van der Waals surface area contributed by atoms with Crippen LogP contribution in [0, 0.1) is 13.8 Å². The maximum atomic E-state index is 6.57. The van der Waals surface area contributed by atoms with Crippen molar-refractivity contribution in [3.8, 4) is 0 Å². The van der Waals surface area contributed by atoms with E-state index >= 15 is 0 Å². The van der Waals surface area contributed by atoms with Crippen molar-refractivity contribution in [3.05, 3.63) is 46.2 Å². The maximum Gasteiger partial charge on any atom is 0.191 e. The van der Waals surface area contributed by atoms with E-state index in [4.69, 9.17) is 11.6 Å². The number of aromatic nitrogens is 2. The second-order valence-electron chi connectivity index (χ2n) is 7.88. The van der Waals surface area contributed by atoms with E-state index in [2.05, 4.69) is 61.3 Å². The van der Waals surface area contributed by atoms with Gasteiger partial charge in [0, 0.05) is 74.8 Å². The second kappa shape index (κ2) is 10.7. The molecule has 0 atom stereocenters. The van der Waals surface area contributed by atoms with E-state index in [9.17, 15) is 0 Å². The van der Waals surface area contributed by atoms with Crippen LogP contribution in [-0.2, 0) is 13.1 Å². The highest BCUT2D eigenvalue weighted by molar-refractivity contribution is 6.31. The lowest BCUT2D eigenvalue weighted by Gasteiger charge is -2.35. The van der Waals surface area contributed by atoms with E-state index < -0.39 is 0 Å². The zero-order valence-electron chi connectivity index (χ0n) is 18.6. The zero-order valence-corrected chi connectivity index (χ0v) is 19.3. The fourth-order valence-electron chi connectivity index (χ4n) is 3.80. The van der Waals surface area contributed by atoms with Gasteiger partial charge >= 0.3 is 0 Å². The normalized spacial score (nSPS) is 15.5. The molecule has 0 saturated carbocycles. The fraction of sp³-hybridized carbons (Fsp3) is 0.545. The summed E-state index contributed by atoms with van der Waals surface area (Å²) in [5.74, 6) is 0.785. The molecule has 0 unspecified atom stereocenters. The molecular formula is C22H34ClN7. The summed E-state index contributed by atoms with van der Waals surface area (Å²) >= 11 is 6.57. The topological polar surface area (TPSA) is 60.7 Å². The third-order valence-electron chi connectivity index (χ3n) is 5.54. The summed E-state index contributed by atoms with van der Waals surface area (Å²) in [5, 5.41) is 12.1. The van der Waals surface area contributed by atoms with Crippen LogP contribution in [0.4, 0.5) is 5.69 Å². The summed E-state index contributed by atoms with van der Waals surface area (Å²) in [4.78, 5) is 9.14. The minimum Gasteiger partial charge on any atom is -0.369 e. The third kappa shape index (κ3) is 5.89. The molecular weight excluding hydrogens is 398 g/mol. The maximum absolute atomic E-state index is 6.57. The molecule has 3 rings (SSSR count). The zero-order chi connectivity index (χ0) is 21.5. The Morgan fingerprint density at radius 3 is 2.60 bits per heavy atom. The Balaban J connectivity index is 1.52. The predicted molar refractivity (Wildman–Crippen MR) is 126 cm³/mol. The van der Waals surface area contributed by atoms with Gasteiger partial charge in [-0.3, -0.25) is 9.67 Å². The Bertz CT molecular complexity index is 853. The number of hydrogen-bond donors (Lipinski definition) is 2. The molecule has 1 fully saturated rings. The van der Waals surface area contributed by atoms with Crippen LogP contribution >= 0.6 is 11.6 Å². The summed E-state index contributed by atoms with van der Waals surface area (Å²) in [7, 11) is 3.96. The fourth-order valence-corrected chi connectivity index (χ4v) is 4.03. The number of guanidine groups is 1. The Morgan fingerprint density at radius 1 is 1.17 bits per heavy atom. The van der Waals surface area contributed by atoms with Gasteiger partial charge in [0.1, 0.15) is 0 Å². The van der Waals surface area contributed by atoms with Gasteiger partial charge in [0.2, 0.25) is 0 Å². The van der Waals surface area contributed by atoms with Gasteiger partial charge in [0.15, 0.2) is 5.96 Å². The molecule has 1 aromatic carbocycles. The standard InChI is InChI=1S/C22H34ClN7/c1-17-15-18(2)30(27-17)10-6-9-25-22(24-3)26-16-19-20(23)7-5-8-21(19)29-13-11-28(4)12-14-29/h5,7-8,15H,6,9-14,16H2,1-4H3,(H2,24,25,26). The first-order valence-corrected chi connectivity index (χ1v) is 11.0. The summed E-state index contributed by atoms with van der Waals surface area (Å²) in [6, 6.07) is 8.27. The Kier molecular flexibility index (Phi) is 7.99. The van der Waals surface area contributed by atoms with Crippen molar-refractivity contribution in [2.24, 2.45) is 4.99 Å². The predicted octanol–water partition coefficient (Wildman–Crippen LogP) is 2.66. The van der Waals surface area contributed by atoms with Gasteiger partial charge in [-0.1, -0.05) is 17.7 Å². The molecule has 2 heterocycles. The molecule has 1 aliphatic heterocycles. The number of halogens is 1. The number of benzene rings is 1. The summed E-state index contributed by atoms with van der Waals surface area (Å²) < 4.78 is 2.05. The van der Waals surface area contributed by atoms with E-state index in [-0.39, 0.29) is 0 Å². The molecule has 164 valence electrons. The SMILES string of the molecule is CN=C(NCCCn1nc(C)cc1C)NCc1c(Cl)cccc1N1CCN(C)CC1. The van der Waals surface area contributed by atoms with Gasteiger partial charge in [-0.15, -0.1) is 0 Å². The van der Waals surface area contributed by atoms with Crippen molar-refractivity contribution in [3.63, 3.8) is 0 Å². The number of nitrogens with zero attached hydrogens (tertiary/aromatic N) is 5. The molecule has 30 heavy (non-hydrogen) atoms. The molecule has 1 aromatic heterocycles. The summed E-state index contributed by atoms with van der Waals surface area (Å²) in [6.07, 6.45) is 0.974. The van der Waals surface area contributed by atoms with Gasteiger partial charge in [0.25, 0.3) is 0 Å². The number of rotatable bonds is 7. The van der Waals surface area contributed by atoms with Crippen LogP contribution in [0.1, 0.15) is 23.4 Å². The first kappa shape index (κ1) is 22.4. The molecule has 8 heteroatoms. The first-order valence-electron chi connectivity index (χ1n) is 10.6. The highest BCUT2D eigenvalue weighted by Gasteiger charge is 2.18. The van der Waals surface area contributed by atoms with Gasteiger partial charge in [0.05, 0.1) is 5.69 Å². The second-order valence-corrected chi connectivity index (χ2v) is 8.29. The monoisotopic (exact) mass is 431 g/mol. The van der Waals surface area contributed by atoms with Crippen LogP contribution in [0.3, 0.4) is 0 Å². The van der Waals surface area contributed by atoms with Gasteiger partial charge < -0.3 is 20.4 Å². The number of hydrogen-bond acceptors (Lipinski definition) is 4. The van der Waals surface area contributed by atoms with Crippen molar-refractivity contribution in [2.45, 2.75) is 33.4 Å². The lowest BCUT2D eigenvalue weighted by atomic mass is 10.1. The van der Waals surface area contributed by atoms with Crippen LogP contribution in [0.5, 0.6) is 0 Å². The van der Waals surface area contributed by atoms with Gasteiger partial charge in [-0.05, 0) is 45.5 Å². The van der Waals surface area contributed by atoms with Crippen molar-refractivity contribution in [1.29, 1.82) is 0 Å². The quantitative estimate of drug-likeness (QED) is 0.401. The van der Waals surface area contributed by atoms with E-state index in [1.54, 1.807) is 7.05 Å². The largest absolute Gasteiger partial charge is 0.369 e. The average Bonchev–Trinajstić information content (AvgIpc) is 3.05. The lowest BCUT2D eigenvalue weighted by molar-refractivity contribution is 0.312. The van der Waals surface area contributed by atoms with Gasteiger partial charge in [-0.25, -0.2) is 0 Å². The average molecular weight is 432 g/mol. The number of aliphatic imine (C=N–C) groups is 1. The van der Waals surface area contributed by atoms with Crippen molar-refractivity contribution >= 4 is 23.2 Å². The molecule has 2 N–H and O–H groups in total. The van der Waals surface area contributed by atoms with Gasteiger partial charge in [-0.2, -0.15) is 5.10 Å². The Hall–Kier alpha value is -2.25. The number of aryl methyl sites for hydroxylation is 3. The van der Waals surface area contributed by atoms with Crippen molar-refractivity contribution in [1.82, 2.24) is 25.3 Å². The van der Waals surface area contributed by atoms with E-state index in [0.717, 1.165) is 67.9 Å². The molecule has 7 nitrogen and oxygen atoms in total.